The molecule has 3 aromatic rings. The Morgan fingerprint density at radius 3 is 2.70 bits per heavy atom. The fourth-order valence-electron chi connectivity index (χ4n) is 1.88. The largest absolute Gasteiger partial charge is 0.399 e. The number of aryl methyl sites for hydroxylation is 1. The summed E-state index contributed by atoms with van der Waals surface area (Å²) in [6.07, 6.45) is 0. The molecule has 100 valence electrons. The minimum absolute atomic E-state index is 0.506. The molecule has 4 N–H and O–H groups in total. The average molecular weight is 283 g/mol. The SMILES string of the molecule is Cc1cccc2sc(N=Nc3ccc(N)cc3N)nc12. The van der Waals surface area contributed by atoms with Crippen molar-refractivity contribution in [1.82, 2.24) is 4.98 Å². The topological polar surface area (TPSA) is 89.6 Å². The molecule has 1 heterocycles. The Morgan fingerprint density at radius 2 is 1.95 bits per heavy atom. The van der Waals surface area contributed by atoms with E-state index in [9.17, 15) is 0 Å². The second kappa shape index (κ2) is 4.90. The number of nitrogen functional groups attached to an aromatic ring is 2. The zero-order valence-corrected chi connectivity index (χ0v) is 11.7. The molecule has 3 rings (SSSR count). The number of benzene rings is 2. The Hall–Kier alpha value is -2.47. The molecule has 0 fully saturated rings. The number of thiazole rings is 1. The van der Waals surface area contributed by atoms with Gasteiger partial charge in [-0.15, -0.1) is 10.2 Å². The van der Waals surface area contributed by atoms with Crippen molar-refractivity contribution in [3.8, 4) is 0 Å². The second-order valence-electron chi connectivity index (χ2n) is 4.44. The highest BCUT2D eigenvalue weighted by Gasteiger charge is 2.05. The Bertz CT molecular complexity index is 806. The van der Waals surface area contributed by atoms with Crippen LogP contribution in [0.1, 0.15) is 5.56 Å². The lowest BCUT2D eigenvalue weighted by Crippen LogP contribution is -1.89. The molecule has 6 heteroatoms. The van der Waals surface area contributed by atoms with E-state index in [1.807, 2.05) is 25.1 Å². The van der Waals surface area contributed by atoms with Crippen LogP contribution < -0.4 is 11.5 Å². The van der Waals surface area contributed by atoms with E-state index in [1.54, 1.807) is 18.2 Å². The van der Waals surface area contributed by atoms with Gasteiger partial charge in [0.2, 0.25) is 5.13 Å². The number of aromatic nitrogens is 1. The number of nitrogens with two attached hydrogens (primary N) is 2. The molecule has 1 aromatic heterocycles. The van der Waals surface area contributed by atoms with Crippen LogP contribution in [0.5, 0.6) is 0 Å². The fourth-order valence-corrected chi connectivity index (χ4v) is 2.74. The summed E-state index contributed by atoms with van der Waals surface area (Å²) < 4.78 is 1.10. The van der Waals surface area contributed by atoms with Crippen LogP contribution >= 0.6 is 11.3 Å². The van der Waals surface area contributed by atoms with Gasteiger partial charge in [-0.25, -0.2) is 4.98 Å². The number of rotatable bonds is 2. The molecule has 0 spiro atoms. The molecule has 2 aromatic carbocycles. The van der Waals surface area contributed by atoms with E-state index in [1.165, 1.54) is 11.3 Å². The number of hydrogen-bond acceptors (Lipinski definition) is 6. The third kappa shape index (κ3) is 2.33. The van der Waals surface area contributed by atoms with Crippen LogP contribution in [0.15, 0.2) is 46.6 Å². The molecular formula is C14H13N5S. The Morgan fingerprint density at radius 1 is 1.10 bits per heavy atom. The molecule has 0 aliphatic carbocycles. The van der Waals surface area contributed by atoms with E-state index in [0.717, 1.165) is 15.8 Å². The summed E-state index contributed by atoms with van der Waals surface area (Å²) in [4.78, 5) is 4.47. The van der Waals surface area contributed by atoms with Crippen molar-refractivity contribution in [3.05, 3.63) is 42.0 Å². The van der Waals surface area contributed by atoms with Gasteiger partial charge in [0.25, 0.3) is 0 Å². The molecule has 0 radical (unpaired) electrons. The van der Waals surface area contributed by atoms with Crippen LogP contribution in [0.2, 0.25) is 0 Å². The van der Waals surface area contributed by atoms with Crippen LogP contribution in [0.3, 0.4) is 0 Å². The number of fused-ring (bicyclic) bond motifs is 1. The normalized spacial score (nSPS) is 11.4. The van der Waals surface area contributed by atoms with Crippen LogP contribution in [-0.2, 0) is 0 Å². The quantitative estimate of drug-likeness (QED) is 0.546. The summed E-state index contributed by atoms with van der Waals surface area (Å²) in [6.45, 7) is 2.03. The van der Waals surface area contributed by atoms with Crippen molar-refractivity contribution in [3.63, 3.8) is 0 Å². The van der Waals surface area contributed by atoms with Crippen molar-refractivity contribution in [2.45, 2.75) is 6.92 Å². The highest BCUT2D eigenvalue weighted by molar-refractivity contribution is 7.21. The number of para-hydroxylation sites is 1. The summed E-state index contributed by atoms with van der Waals surface area (Å²) in [5, 5.41) is 8.91. The lowest BCUT2D eigenvalue weighted by molar-refractivity contribution is 1.21. The summed E-state index contributed by atoms with van der Waals surface area (Å²) in [5.41, 5.74) is 15.3. The maximum absolute atomic E-state index is 5.83. The van der Waals surface area contributed by atoms with E-state index < -0.39 is 0 Å². The Kier molecular flexibility index (Phi) is 3.08. The van der Waals surface area contributed by atoms with Crippen LogP contribution in [0, 0.1) is 6.92 Å². The summed E-state index contributed by atoms with van der Waals surface area (Å²) in [7, 11) is 0. The predicted molar refractivity (Wildman–Crippen MR) is 83.8 cm³/mol. The summed E-state index contributed by atoms with van der Waals surface area (Å²) >= 11 is 1.50. The standard InChI is InChI=1S/C14H13N5S/c1-8-3-2-4-12-13(8)17-14(20-12)19-18-11-6-5-9(15)7-10(11)16/h2-7H,15-16H2,1H3. The molecule has 0 saturated heterocycles. The second-order valence-corrected chi connectivity index (χ2v) is 5.45. The third-order valence-corrected chi connectivity index (χ3v) is 3.81. The summed E-state index contributed by atoms with van der Waals surface area (Å²) in [6, 6.07) is 11.2. The molecule has 0 aliphatic rings. The van der Waals surface area contributed by atoms with Gasteiger partial charge in [0.1, 0.15) is 5.69 Å². The van der Waals surface area contributed by atoms with Crippen LogP contribution in [-0.4, -0.2) is 4.98 Å². The van der Waals surface area contributed by atoms with Gasteiger partial charge in [-0.3, -0.25) is 0 Å². The molecule has 0 bridgehead atoms. The van der Waals surface area contributed by atoms with Gasteiger partial charge >= 0.3 is 0 Å². The first kappa shape index (κ1) is 12.6. The highest BCUT2D eigenvalue weighted by Crippen LogP contribution is 2.32. The van der Waals surface area contributed by atoms with Crippen molar-refractivity contribution < 1.29 is 0 Å². The van der Waals surface area contributed by atoms with Crippen molar-refractivity contribution in [2.24, 2.45) is 10.2 Å². The Labute approximate surface area is 120 Å². The highest BCUT2D eigenvalue weighted by atomic mass is 32.1. The molecule has 0 atom stereocenters. The van der Waals surface area contributed by atoms with Crippen LogP contribution in [0.25, 0.3) is 10.2 Å². The van der Waals surface area contributed by atoms with E-state index in [-0.39, 0.29) is 0 Å². The van der Waals surface area contributed by atoms with E-state index in [0.29, 0.717) is 22.2 Å². The average Bonchev–Trinajstić information content (AvgIpc) is 2.82. The first-order valence-electron chi connectivity index (χ1n) is 6.06. The van der Waals surface area contributed by atoms with Crippen LogP contribution in [0.4, 0.5) is 22.2 Å². The van der Waals surface area contributed by atoms with Gasteiger partial charge in [-0.1, -0.05) is 23.5 Å². The molecule has 0 amide bonds. The molecule has 20 heavy (non-hydrogen) atoms. The number of azo groups is 1. The monoisotopic (exact) mass is 283 g/mol. The van der Waals surface area contributed by atoms with Gasteiger partial charge in [0.05, 0.1) is 15.9 Å². The fraction of sp³-hybridized carbons (Fsp3) is 0.0714. The van der Waals surface area contributed by atoms with E-state index >= 15 is 0 Å². The van der Waals surface area contributed by atoms with Gasteiger partial charge < -0.3 is 11.5 Å². The summed E-state index contributed by atoms with van der Waals surface area (Å²) in [5.74, 6) is 0. The number of nitrogens with zero attached hydrogens (tertiary/aromatic N) is 3. The molecule has 5 nitrogen and oxygen atoms in total. The lowest BCUT2D eigenvalue weighted by Gasteiger charge is -1.98. The van der Waals surface area contributed by atoms with Gasteiger partial charge in [0, 0.05) is 5.69 Å². The molecule has 0 unspecified atom stereocenters. The number of anilines is 2. The van der Waals surface area contributed by atoms with Gasteiger partial charge in [-0.05, 0) is 36.8 Å². The number of hydrogen-bond donors (Lipinski definition) is 2. The van der Waals surface area contributed by atoms with Crippen molar-refractivity contribution in [2.75, 3.05) is 11.5 Å². The predicted octanol–water partition coefficient (Wildman–Crippen LogP) is 4.18. The zero-order valence-electron chi connectivity index (χ0n) is 10.9. The van der Waals surface area contributed by atoms with Crippen molar-refractivity contribution >= 4 is 43.7 Å². The third-order valence-electron chi connectivity index (χ3n) is 2.90. The lowest BCUT2D eigenvalue weighted by atomic mass is 10.2. The van der Waals surface area contributed by atoms with Gasteiger partial charge in [0.15, 0.2) is 0 Å². The molecule has 0 aliphatic heterocycles. The first-order chi connectivity index (χ1) is 9.63. The van der Waals surface area contributed by atoms with Crippen molar-refractivity contribution in [1.29, 1.82) is 0 Å². The smallest absolute Gasteiger partial charge is 0.231 e. The van der Waals surface area contributed by atoms with E-state index in [4.69, 9.17) is 11.5 Å². The van der Waals surface area contributed by atoms with E-state index in [2.05, 4.69) is 15.2 Å². The molecule has 0 saturated carbocycles. The molecular weight excluding hydrogens is 270 g/mol. The zero-order chi connectivity index (χ0) is 14.1. The van der Waals surface area contributed by atoms with Gasteiger partial charge in [-0.2, -0.15) is 0 Å². The minimum Gasteiger partial charge on any atom is -0.399 e. The maximum Gasteiger partial charge on any atom is 0.231 e. The minimum atomic E-state index is 0.506. The first-order valence-corrected chi connectivity index (χ1v) is 6.88. The maximum atomic E-state index is 5.83. The Balaban J connectivity index is 1.96.